The Labute approximate surface area is 126 Å². The van der Waals surface area contributed by atoms with E-state index in [0.29, 0.717) is 11.5 Å². The Hall–Kier alpha value is -1.51. The number of hydrogen-bond acceptors (Lipinski definition) is 3. The maximum absolute atomic E-state index is 12.4. The van der Waals surface area contributed by atoms with Crippen LogP contribution in [0.4, 0.5) is 0 Å². The molecular weight excluding hydrogens is 264 g/mol. The minimum atomic E-state index is -0.218. The van der Waals surface area contributed by atoms with Crippen molar-refractivity contribution >= 4 is 5.97 Å². The number of esters is 1. The molecule has 0 amide bonds. The Kier molecular flexibility index (Phi) is 3.27. The molecule has 2 saturated carbocycles. The van der Waals surface area contributed by atoms with Gasteiger partial charge in [-0.3, -0.25) is 0 Å². The lowest BCUT2D eigenvalue weighted by Gasteiger charge is -2.41. The summed E-state index contributed by atoms with van der Waals surface area (Å²) in [5.41, 5.74) is 0.823. The molecule has 3 heteroatoms. The van der Waals surface area contributed by atoms with Crippen molar-refractivity contribution in [2.75, 3.05) is 7.11 Å². The van der Waals surface area contributed by atoms with Gasteiger partial charge in [0, 0.05) is 10.8 Å². The molecule has 2 fully saturated rings. The van der Waals surface area contributed by atoms with Gasteiger partial charge >= 0.3 is 5.97 Å². The van der Waals surface area contributed by atoms with Crippen LogP contribution < -0.4 is 4.74 Å². The number of ether oxygens (including phenoxy) is 2. The van der Waals surface area contributed by atoms with E-state index in [2.05, 4.69) is 20.8 Å². The van der Waals surface area contributed by atoms with Gasteiger partial charge in [-0.25, -0.2) is 4.79 Å². The van der Waals surface area contributed by atoms with Gasteiger partial charge in [0.05, 0.1) is 12.7 Å². The van der Waals surface area contributed by atoms with E-state index in [1.54, 1.807) is 31.4 Å². The maximum atomic E-state index is 12.4. The number of hydrogen-bond donors (Lipinski definition) is 0. The van der Waals surface area contributed by atoms with Gasteiger partial charge in [-0.15, -0.1) is 0 Å². The second kappa shape index (κ2) is 4.75. The summed E-state index contributed by atoms with van der Waals surface area (Å²) < 4.78 is 11.1. The molecule has 3 unspecified atom stereocenters. The number of benzene rings is 1. The van der Waals surface area contributed by atoms with Crippen molar-refractivity contribution in [3.8, 4) is 5.75 Å². The van der Waals surface area contributed by atoms with Crippen LogP contribution in [0, 0.1) is 16.7 Å². The molecule has 21 heavy (non-hydrogen) atoms. The normalized spacial score (nSPS) is 33.0. The Bertz CT molecular complexity index is 541. The van der Waals surface area contributed by atoms with Gasteiger partial charge < -0.3 is 9.47 Å². The maximum Gasteiger partial charge on any atom is 0.338 e. The highest BCUT2D eigenvalue weighted by Crippen LogP contribution is 2.63. The zero-order valence-electron chi connectivity index (χ0n) is 13.3. The highest BCUT2D eigenvalue weighted by atomic mass is 16.5. The van der Waals surface area contributed by atoms with Crippen LogP contribution in [0.15, 0.2) is 24.3 Å². The molecule has 0 heterocycles. The lowest BCUT2D eigenvalue weighted by atomic mass is 9.70. The van der Waals surface area contributed by atoms with Crippen LogP contribution in [0.1, 0.15) is 50.4 Å². The van der Waals surface area contributed by atoms with Crippen molar-refractivity contribution < 1.29 is 14.3 Å². The summed E-state index contributed by atoms with van der Waals surface area (Å²) in [6.07, 6.45) is 3.63. The van der Waals surface area contributed by atoms with Gasteiger partial charge in [-0.2, -0.15) is 0 Å². The Morgan fingerprint density at radius 3 is 2.38 bits per heavy atom. The summed E-state index contributed by atoms with van der Waals surface area (Å²) in [7, 11) is 1.62. The van der Waals surface area contributed by atoms with Gasteiger partial charge in [-0.05, 0) is 49.4 Å². The second-order valence-electron chi connectivity index (χ2n) is 7.43. The van der Waals surface area contributed by atoms with E-state index in [1.807, 2.05) is 0 Å². The van der Waals surface area contributed by atoms with Crippen molar-refractivity contribution in [3.05, 3.63) is 29.8 Å². The smallest absolute Gasteiger partial charge is 0.338 e. The van der Waals surface area contributed by atoms with Crippen LogP contribution in [0.2, 0.25) is 0 Å². The van der Waals surface area contributed by atoms with Crippen molar-refractivity contribution in [1.82, 2.24) is 0 Å². The quantitative estimate of drug-likeness (QED) is 0.787. The zero-order valence-corrected chi connectivity index (χ0v) is 13.3. The predicted molar refractivity (Wildman–Crippen MR) is 81.4 cm³/mol. The van der Waals surface area contributed by atoms with Gasteiger partial charge in [0.25, 0.3) is 0 Å². The topological polar surface area (TPSA) is 35.5 Å². The van der Waals surface area contributed by atoms with E-state index in [4.69, 9.17) is 9.47 Å². The third-order valence-corrected chi connectivity index (χ3v) is 5.69. The standard InChI is InChI=1S/C18H24O3/c1-17(2)13-9-10-18(3,11-13)16(17)21-15(19)12-5-7-14(20-4)8-6-12/h5-8,13,16H,9-11H2,1-4H3. The van der Waals surface area contributed by atoms with E-state index in [0.717, 1.165) is 5.75 Å². The SMILES string of the molecule is COc1ccc(C(=O)OC2C3(C)CCC(C3)C2(C)C)cc1. The third-order valence-electron chi connectivity index (χ3n) is 5.69. The molecule has 1 aromatic rings. The number of carbonyl (C=O) groups excluding carboxylic acids is 1. The van der Waals surface area contributed by atoms with E-state index in [-0.39, 0.29) is 22.9 Å². The Balaban J connectivity index is 1.78. The fourth-order valence-electron chi connectivity index (χ4n) is 4.45. The third kappa shape index (κ3) is 2.23. The molecule has 0 radical (unpaired) electrons. The summed E-state index contributed by atoms with van der Waals surface area (Å²) in [6, 6.07) is 7.13. The molecule has 0 aromatic heterocycles. The summed E-state index contributed by atoms with van der Waals surface area (Å²) in [4.78, 5) is 12.4. The summed E-state index contributed by atoms with van der Waals surface area (Å²) in [6.45, 7) is 6.76. The molecule has 114 valence electrons. The molecule has 2 aliphatic carbocycles. The van der Waals surface area contributed by atoms with Crippen LogP contribution in [0.25, 0.3) is 0 Å². The summed E-state index contributed by atoms with van der Waals surface area (Å²) in [5, 5.41) is 0. The van der Waals surface area contributed by atoms with Crippen LogP contribution in [0.3, 0.4) is 0 Å². The Morgan fingerprint density at radius 2 is 1.86 bits per heavy atom. The van der Waals surface area contributed by atoms with Crippen LogP contribution in [-0.2, 0) is 4.74 Å². The average molecular weight is 288 g/mol. The summed E-state index contributed by atoms with van der Waals surface area (Å²) in [5.74, 6) is 1.21. The van der Waals surface area contributed by atoms with Gasteiger partial charge in [0.2, 0.25) is 0 Å². The molecule has 0 spiro atoms. The molecule has 0 aliphatic heterocycles. The van der Waals surface area contributed by atoms with E-state index in [9.17, 15) is 4.79 Å². The van der Waals surface area contributed by atoms with Crippen molar-refractivity contribution in [2.24, 2.45) is 16.7 Å². The number of carbonyl (C=O) groups is 1. The molecule has 0 saturated heterocycles. The zero-order chi connectivity index (χ0) is 15.3. The van der Waals surface area contributed by atoms with Gasteiger partial charge in [0.1, 0.15) is 11.9 Å². The van der Waals surface area contributed by atoms with E-state index >= 15 is 0 Å². The number of rotatable bonds is 3. The molecule has 3 rings (SSSR count). The van der Waals surface area contributed by atoms with Crippen molar-refractivity contribution in [2.45, 2.75) is 46.1 Å². The molecule has 3 nitrogen and oxygen atoms in total. The van der Waals surface area contributed by atoms with Crippen LogP contribution >= 0.6 is 0 Å². The van der Waals surface area contributed by atoms with Gasteiger partial charge in [-0.1, -0.05) is 20.8 Å². The molecule has 3 atom stereocenters. The first-order chi connectivity index (χ1) is 9.87. The largest absolute Gasteiger partial charge is 0.497 e. The first-order valence-electron chi connectivity index (χ1n) is 7.72. The van der Waals surface area contributed by atoms with Crippen molar-refractivity contribution in [3.63, 3.8) is 0 Å². The minimum absolute atomic E-state index is 0.0124. The van der Waals surface area contributed by atoms with Crippen LogP contribution in [0.5, 0.6) is 5.75 Å². The molecule has 1 aromatic carbocycles. The van der Waals surface area contributed by atoms with E-state index < -0.39 is 0 Å². The fraction of sp³-hybridized carbons (Fsp3) is 0.611. The summed E-state index contributed by atoms with van der Waals surface area (Å²) >= 11 is 0. The monoisotopic (exact) mass is 288 g/mol. The Morgan fingerprint density at radius 1 is 1.19 bits per heavy atom. The highest BCUT2D eigenvalue weighted by Gasteiger charge is 2.61. The first-order valence-corrected chi connectivity index (χ1v) is 7.72. The highest BCUT2D eigenvalue weighted by molar-refractivity contribution is 5.89. The predicted octanol–water partition coefficient (Wildman–Crippen LogP) is 4.07. The molecule has 2 aliphatic rings. The molecule has 0 N–H and O–H groups in total. The fourth-order valence-corrected chi connectivity index (χ4v) is 4.45. The second-order valence-corrected chi connectivity index (χ2v) is 7.43. The minimum Gasteiger partial charge on any atom is -0.497 e. The van der Waals surface area contributed by atoms with E-state index in [1.165, 1.54) is 19.3 Å². The van der Waals surface area contributed by atoms with Crippen LogP contribution in [-0.4, -0.2) is 19.2 Å². The lowest BCUT2D eigenvalue weighted by molar-refractivity contribution is -0.0584. The van der Waals surface area contributed by atoms with Crippen molar-refractivity contribution in [1.29, 1.82) is 0 Å². The lowest BCUT2D eigenvalue weighted by Crippen LogP contribution is -2.43. The number of methoxy groups -OCH3 is 1. The van der Waals surface area contributed by atoms with Gasteiger partial charge in [0.15, 0.2) is 0 Å². The number of fused-ring (bicyclic) bond motifs is 2. The molecule has 2 bridgehead atoms. The molecular formula is C18H24O3. The average Bonchev–Trinajstić information content (AvgIpc) is 2.94. The first kappa shape index (κ1) is 14.4.